The highest BCUT2D eigenvalue weighted by atomic mass is 32.2. The Bertz CT molecular complexity index is 1510. The molecule has 0 unspecified atom stereocenters. The summed E-state index contributed by atoms with van der Waals surface area (Å²) in [4.78, 5) is 10.8. The Labute approximate surface area is 225 Å². The number of urea groups is 1. The van der Waals surface area contributed by atoms with E-state index < -0.39 is 71.6 Å². The van der Waals surface area contributed by atoms with Gasteiger partial charge < -0.3 is 14.8 Å². The summed E-state index contributed by atoms with van der Waals surface area (Å²) in [6, 6.07) is 3.07. The van der Waals surface area contributed by atoms with Gasteiger partial charge in [-0.1, -0.05) is 0 Å². The van der Waals surface area contributed by atoms with E-state index in [0.717, 1.165) is 0 Å². The van der Waals surface area contributed by atoms with Gasteiger partial charge in [-0.3, -0.25) is 0 Å². The van der Waals surface area contributed by atoms with Crippen LogP contribution in [0.2, 0.25) is 0 Å². The average molecular weight is 674 g/mol. The molecule has 0 spiro atoms. The van der Waals surface area contributed by atoms with Gasteiger partial charge in [0.05, 0.1) is 4.90 Å². The number of hydrogen-bond donors (Lipinski definition) is 2. The molecule has 0 bridgehead atoms. The third-order valence-corrected chi connectivity index (χ3v) is 7.87. The number of alkyl halides is 13. The summed E-state index contributed by atoms with van der Waals surface area (Å²) in [6.07, 6.45) is -11.8. The quantitative estimate of drug-likeness (QED) is 0.233. The van der Waals surface area contributed by atoms with Crippen LogP contribution in [0.15, 0.2) is 53.4 Å². The molecule has 0 saturated heterocycles. The van der Waals surface area contributed by atoms with Crippen LogP contribution in [0.1, 0.15) is 0 Å². The Morgan fingerprint density at radius 2 is 1.07 bits per heavy atom. The topological polar surface area (TPSA) is 119 Å². The molecule has 0 aliphatic carbocycles. The van der Waals surface area contributed by atoms with E-state index in [-0.39, 0.29) is 11.4 Å². The SMILES string of the molecule is O=C(Nc1ccc(OS(=O)(=O)C(F)(F)C(F)(F)C(F)(F)C(F)(F)F)cc1)Nc1ccc(S(=O)(=O)C(F)(F)C(F)F)cc1. The van der Waals surface area contributed by atoms with Crippen LogP contribution in [0.3, 0.4) is 0 Å². The van der Waals surface area contributed by atoms with E-state index in [9.17, 15) is 78.7 Å². The molecule has 236 valence electrons. The highest BCUT2D eigenvalue weighted by Gasteiger charge is 2.86. The fourth-order valence-electron chi connectivity index (χ4n) is 2.58. The van der Waals surface area contributed by atoms with Crippen LogP contribution in [0.4, 0.5) is 73.2 Å². The molecule has 0 aliphatic rings. The highest BCUT2D eigenvalue weighted by molar-refractivity contribution is 7.92. The van der Waals surface area contributed by atoms with Crippen LogP contribution < -0.4 is 14.8 Å². The molecule has 2 aromatic carbocycles. The van der Waals surface area contributed by atoms with Crippen LogP contribution in [-0.4, -0.2) is 57.8 Å². The molecule has 2 N–H and O–H groups in total. The summed E-state index contributed by atoms with van der Waals surface area (Å²) < 4.78 is 218. The average Bonchev–Trinajstić information content (AvgIpc) is 2.84. The molecule has 8 nitrogen and oxygen atoms in total. The minimum absolute atomic E-state index is 0.309. The lowest BCUT2D eigenvalue weighted by molar-refractivity contribution is -0.382. The van der Waals surface area contributed by atoms with Crippen molar-refractivity contribution in [3.05, 3.63) is 48.5 Å². The van der Waals surface area contributed by atoms with Crippen molar-refractivity contribution in [3.8, 4) is 5.75 Å². The predicted molar refractivity (Wildman–Crippen MR) is 114 cm³/mol. The Morgan fingerprint density at radius 1 is 0.667 bits per heavy atom. The van der Waals surface area contributed by atoms with Gasteiger partial charge >= 0.3 is 51.1 Å². The van der Waals surface area contributed by atoms with E-state index in [0.29, 0.717) is 48.5 Å². The van der Waals surface area contributed by atoms with E-state index >= 15 is 0 Å². The van der Waals surface area contributed by atoms with Crippen molar-refractivity contribution >= 4 is 37.4 Å². The van der Waals surface area contributed by atoms with Gasteiger partial charge in [-0.25, -0.2) is 22.0 Å². The number of rotatable bonds is 10. The van der Waals surface area contributed by atoms with Gasteiger partial charge in [0.1, 0.15) is 5.75 Å². The number of benzene rings is 2. The molecule has 0 saturated carbocycles. The molecular weight excluding hydrogens is 663 g/mol. The molecule has 0 radical (unpaired) electrons. The molecule has 0 aliphatic heterocycles. The van der Waals surface area contributed by atoms with E-state index in [4.69, 9.17) is 0 Å². The van der Waals surface area contributed by atoms with Crippen LogP contribution in [0.25, 0.3) is 0 Å². The highest BCUT2D eigenvalue weighted by Crippen LogP contribution is 2.55. The van der Waals surface area contributed by atoms with Crippen LogP contribution >= 0.6 is 0 Å². The lowest BCUT2D eigenvalue weighted by atomic mass is 10.1. The van der Waals surface area contributed by atoms with Crippen molar-refractivity contribution in [1.29, 1.82) is 0 Å². The molecule has 42 heavy (non-hydrogen) atoms. The largest absolute Gasteiger partial charge is 0.460 e. The van der Waals surface area contributed by atoms with Gasteiger partial charge in [0.25, 0.3) is 0 Å². The van der Waals surface area contributed by atoms with E-state index in [1.54, 1.807) is 0 Å². The molecule has 2 aromatic rings. The zero-order chi connectivity index (χ0) is 32.7. The number of halogens is 13. The lowest BCUT2D eigenvalue weighted by Gasteiger charge is -2.32. The third-order valence-electron chi connectivity index (χ3n) is 4.78. The minimum atomic E-state index is -7.52. The molecule has 2 rings (SSSR count). The lowest BCUT2D eigenvalue weighted by Crippen LogP contribution is -2.63. The molecule has 2 amide bonds. The summed E-state index contributed by atoms with van der Waals surface area (Å²) >= 11 is 0. The number of carbonyl (C=O) groups is 1. The van der Waals surface area contributed by atoms with Gasteiger partial charge in [0.15, 0.2) is 0 Å². The standard InChI is InChI=1S/C19H11F13N2O6S2/c20-13(21)15(22,23)41(36,37)12-7-3-10(4-8-12)34-14(35)33-9-1-5-11(6-2-9)40-42(38,39)19(31,32)17(26,27)16(24,25)18(28,29)30/h1-8,13H,(H2,33,34,35). The maximum absolute atomic E-state index is 13.7. The Balaban J connectivity index is 2.13. The van der Waals surface area contributed by atoms with Crippen LogP contribution in [0, 0.1) is 0 Å². The van der Waals surface area contributed by atoms with Gasteiger partial charge in [0, 0.05) is 11.4 Å². The first-order valence-corrected chi connectivity index (χ1v) is 12.9. The van der Waals surface area contributed by atoms with Crippen molar-refractivity contribution < 1.29 is 82.9 Å². The summed E-state index contributed by atoms with van der Waals surface area (Å²) in [5.41, 5.74) is -0.676. The number of anilines is 2. The number of hydrogen-bond acceptors (Lipinski definition) is 6. The maximum atomic E-state index is 13.7. The Kier molecular flexibility index (Phi) is 9.06. The maximum Gasteiger partial charge on any atom is 0.460 e. The van der Waals surface area contributed by atoms with Crippen molar-refractivity contribution in [2.75, 3.05) is 10.6 Å². The number of sulfone groups is 1. The second-order valence-electron chi connectivity index (χ2n) is 7.69. The fourth-order valence-corrected chi connectivity index (χ4v) is 4.53. The summed E-state index contributed by atoms with van der Waals surface area (Å²) in [5.74, 6) is -16.3. The van der Waals surface area contributed by atoms with Gasteiger partial charge in [-0.05, 0) is 48.5 Å². The van der Waals surface area contributed by atoms with Crippen molar-refractivity contribution in [1.82, 2.24) is 0 Å². The first kappa shape index (κ1) is 34.7. The van der Waals surface area contributed by atoms with E-state index in [2.05, 4.69) is 4.18 Å². The summed E-state index contributed by atoms with van der Waals surface area (Å²) in [7, 11) is -13.0. The number of nitrogens with one attached hydrogen (secondary N) is 2. The molecule has 0 atom stereocenters. The third kappa shape index (κ3) is 6.15. The molecule has 0 heterocycles. The first-order valence-electron chi connectivity index (χ1n) is 10.1. The van der Waals surface area contributed by atoms with Crippen molar-refractivity contribution in [2.45, 2.75) is 39.9 Å². The number of carbonyl (C=O) groups excluding carboxylic acids is 1. The summed E-state index contributed by atoms with van der Waals surface area (Å²) in [5, 5.41) is -8.58. The molecule has 0 fully saturated rings. The van der Waals surface area contributed by atoms with E-state index in [1.165, 1.54) is 0 Å². The summed E-state index contributed by atoms with van der Waals surface area (Å²) in [6.45, 7) is 0. The van der Waals surface area contributed by atoms with Gasteiger partial charge in [-0.15, -0.1) is 0 Å². The number of amides is 2. The van der Waals surface area contributed by atoms with Gasteiger partial charge in [0.2, 0.25) is 9.84 Å². The zero-order valence-electron chi connectivity index (χ0n) is 19.4. The van der Waals surface area contributed by atoms with Crippen LogP contribution in [0.5, 0.6) is 5.75 Å². The second kappa shape index (κ2) is 11.0. The van der Waals surface area contributed by atoms with Crippen molar-refractivity contribution in [2.24, 2.45) is 0 Å². The minimum Gasteiger partial charge on any atom is -0.378 e. The predicted octanol–water partition coefficient (Wildman–Crippen LogP) is 6.10. The van der Waals surface area contributed by atoms with Crippen LogP contribution in [-0.2, 0) is 20.0 Å². The molecule has 23 heteroatoms. The van der Waals surface area contributed by atoms with Crippen molar-refractivity contribution in [3.63, 3.8) is 0 Å². The monoisotopic (exact) mass is 674 g/mol. The molecular formula is C19H11F13N2O6S2. The Hall–Kier alpha value is -3.50. The van der Waals surface area contributed by atoms with Gasteiger partial charge in [-0.2, -0.15) is 56.7 Å². The zero-order valence-corrected chi connectivity index (χ0v) is 21.0. The molecule has 0 aromatic heterocycles. The first-order chi connectivity index (χ1) is 18.7. The normalized spacial score (nSPS) is 14.0. The second-order valence-corrected chi connectivity index (χ2v) is 11.3. The fraction of sp³-hybridized carbons (Fsp3) is 0.316. The van der Waals surface area contributed by atoms with E-state index in [1.807, 2.05) is 10.6 Å². The Morgan fingerprint density at radius 3 is 1.45 bits per heavy atom. The smallest absolute Gasteiger partial charge is 0.378 e.